The summed E-state index contributed by atoms with van der Waals surface area (Å²) in [6, 6.07) is 14.1. The monoisotopic (exact) mass is 312 g/mol. The van der Waals surface area contributed by atoms with Gasteiger partial charge in [-0.05, 0) is 29.0 Å². The Morgan fingerprint density at radius 3 is 1.70 bits per heavy atom. The molecule has 0 atom stereocenters. The van der Waals surface area contributed by atoms with E-state index in [0.29, 0.717) is 0 Å². The first-order valence-electron chi connectivity index (χ1n) is 8.09. The van der Waals surface area contributed by atoms with Crippen molar-refractivity contribution in [3.05, 3.63) is 53.6 Å². The van der Waals surface area contributed by atoms with Crippen molar-refractivity contribution in [3.63, 3.8) is 0 Å². The van der Waals surface area contributed by atoms with E-state index < -0.39 is 0 Å². The molecule has 0 saturated heterocycles. The zero-order chi connectivity index (χ0) is 17.3. The van der Waals surface area contributed by atoms with Gasteiger partial charge in [0.05, 0.1) is 7.11 Å². The van der Waals surface area contributed by atoms with E-state index >= 15 is 0 Å². The Bertz CT molecular complexity index is 659. The lowest BCUT2D eigenvalue weighted by molar-refractivity contribution is 0.388. The Morgan fingerprint density at radius 2 is 1.22 bits per heavy atom. The van der Waals surface area contributed by atoms with Gasteiger partial charge in [-0.3, -0.25) is 0 Å². The number of rotatable bonds is 3. The number of para-hydroxylation sites is 1. The van der Waals surface area contributed by atoms with E-state index in [9.17, 15) is 0 Å². The summed E-state index contributed by atoms with van der Waals surface area (Å²) in [6.07, 6.45) is 0. The average molecular weight is 312 g/mol. The summed E-state index contributed by atoms with van der Waals surface area (Å²) in [4.78, 5) is 0. The first kappa shape index (κ1) is 17.4. The minimum Gasteiger partial charge on any atom is -0.496 e. The van der Waals surface area contributed by atoms with Gasteiger partial charge in [-0.2, -0.15) is 0 Å². The molecule has 124 valence electrons. The Morgan fingerprint density at radius 1 is 0.696 bits per heavy atom. The van der Waals surface area contributed by atoms with E-state index in [1.54, 1.807) is 7.11 Å². The van der Waals surface area contributed by atoms with Crippen LogP contribution in [-0.2, 0) is 10.8 Å². The van der Waals surface area contributed by atoms with Crippen molar-refractivity contribution in [2.45, 2.75) is 52.4 Å². The molecule has 0 amide bonds. The lowest BCUT2D eigenvalue weighted by Crippen LogP contribution is -2.18. The molecule has 0 spiro atoms. The summed E-state index contributed by atoms with van der Waals surface area (Å²) in [6.45, 7) is 13.2. The third-order valence-corrected chi connectivity index (χ3v) is 3.89. The quantitative estimate of drug-likeness (QED) is 0.683. The SMILES string of the molecule is COc1cc(Oc2ccccc2)c(C(C)(C)C)cc1C(C)(C)C. The Labute approximate surface area is 140 Å². The second-order valence-electron chi connectivity index (χ2n) is 7.96. The molecule has 0 saturated carbocycles. The highest BCUT2D eigenvalue weighted by Crippen LogP contribution is 2.42. The fraction of sp³-hybridized carbons (Fsp3) is 0.429. The molecular weight excluding hydrogens is 284 g/mol. The van der Waals surface area contributed by atoms with Gasteiger partial charge < -0.3 is 9.47 Å². The molecule has 0 heterocycles. The van der Waals surface area contributed by atoms with Crippen molar-refractivity contribution >= 4 is 0 Å². The standard InChI is InChI=1S/C21H28O2/c1-20(2,3)16-13-17(21(4,5)6)19(14-18(16)22-7)23-15-11-9-8-10-12-15/h8-14H,1-7H3. The topological polar surface area (TPSA) is 18.5 Å². The first-order chi connectivity index (χ1) is 10.6. The minimum atomic E-state index is -0.0175. The normalized spacial score (nSPS) is 12.1. The predicted molar refractivity (Wildman–Crippen MR) is 96.9 cm³/mol. The highest BCUT2D eigenvalue weighted by atomic mass is 16.5. The van der Waals surface area contributed by atoms with Crippen LogP contribution >= 0.6 is 0 Å². The number of benzene rings is 2. The Hall–Kier alpha value is -1.96. The van der Waals surface area contributed by atoms with Crippen LogP contribution in [-0.4, -0.2) is 7.11 Å². The van der Waals surface area contributed by atoms with Crippen LogP contribution in [0, 0.1) is 0 Å². The molecule has 0 N–H and O–H groups in total. The minimum absolute atomic E-state index is 0.0105. The zero-order valence-electron chi connectivity index (χ0n) is 15.4. The van der Waals surface area contributed by atoms with E-state index in [1.165, 1.54) is 11.1 Å². The van der Waals surface area contributed by atoms with E-state index in [0.717, 1.165) is 17.2 Å². The molecule has 23 heavy (non-hydrogen) atoms. The smallest absolute Gasteiger partial charge is 0.134 e. The van der Waals surface area contributed by atoms with Gasteiger partial charge in [0.1, 0.15) is 17.2 Å². The van der Waals surface area contributed by atoms with Crippen LogP contribution in [0.4, 0.5) is 0 Å². The molecule has 2 nitrogen and oxygen atoms in total. The van der Waals surface area contributed by atoms with E-state index in [-0.39, 0.29) is 10.8 Å². The van der Waals surface area contributed by atoms with Crippen molar-refractivity contribution in [1.29, 1.82) is 0 Å². The fourth-order valence-electron chi connectivity index (χ4n) is 2.60. The Kier molecular flexibility index (Phi) is 4.74. The largest absolute Gasteiger partial charge is 0.496 e. The number of hydrogen-bond acceptors (Lipinski definition) is 2. The van der Waals surface area contributed by atoms with Crippen molar-refractivity contribution < 1.29 is 9.47 Å². The Balaban J connectivity index is 2.60. The van der Waals surface area contributed by atoms with Gasteiger partial charge in [-0.15, -0.1) is 0 Å². The molecule has 0 radical (unpaired) electrons. The van der Waals surface area contributed by atoms with Crippen molar-refractivity contribution in [1.82, 2.24) is 0 Å². The van der Waals surface area contributed by atoms with E-state index in [1.807, 2.05) is 36.4 Å². The average Bonchev–Trinajstić information content (AvgIpc) is 2.45. The molecule has 0 unspecified atom stereocenters. The maximum Gasteiger partial charge on any atom is 0.134 e. The highest BCUT2D eigenvalue weighted by Gasteiger charge is 2.26. The van der Waals surface area contributed by atoms with Gasteiger partial charge in [0.25, 0.3) is 0 Å². The summed E-state index contributed by atoms with van der Waals surface area (Å²) < 4.78 is 11.8. The number of ether oxygens (including phenoxy) is 2. The summed E-state index contributed by atoms with van der Waals surface area (Å²) >= 11 is 0. The molecule has 0 aliphatic rings. The van der Waals surface area contributed by atoms with Gasteiger partial charge in [0, 0.05) is 17.2 Å². The third kappa shape index (κ3) is 4.07. The van der Waals surface area contributed by atoms with Gasteiger partial charge in [-0.1, -0.05) is 59.7 Å². The molecule has 0 aliphatic heterocycles. The van der Waals surface area contributed by atoms with Crippen molar-refractivity contribution in [2.24, 2.45) is 0 Å². The third-order valence-electron chi connectivity index (χ3n) is 3.89. The van der Waals surface area contributed by atoms with E-state index in [2.05, 4.69) is 47.6 Å². The molecule has 0 aliphatic carbocycles. The van der Waals surface area contributed by atoms with Gasteiger partial charge >= 0.3 is 0 Å². The summed E-state index contributed by atoms with van der Waals surface area (Å²) in [5.41, 5.74) is 2.38. The van der Waals surface area contributed by atoms with Crippen molar-refractivity contribution in [2.75, 3.05) is 7.11 Å². The van der Waals surface area contributed by atoms with Crippen molar-refractivity contribution in [3.8, 4) is 17.2 Å². The second-order valence-corrected chi connectivity index (χ2v) is 7.96. The van der Waals surface area contributed by atoms with Crippen LogP contribution in [0.3, 0.4) is 0 Å². The lowest BCUT2D eigenvalue weighted by Gasteiger charge is -2.29. The van der Waals surface area contributed by atoms with Crippen LogP contribution in [0.5, 0.6) is 17.2 Å². The molecule has 0 fully saturated rings. The molecule has 2 rings (SSSR count). The second kappa shape index (κ2) is 6.27. The molecule has 0 bridgehead atoms. The fourth-order valence-corrected chi connectivity index (χ4v) is 2.60. The lowest BCUT2D eigenvalue weighted by atomic mass is 9.79. The molecule has 2 aromatic rings. The van der Waals surface area contributed by atoms with Gasteiger partial charge in [-0.25, -0.2) is 0 Å². The summed E-state index contributed by atoms with van der Waals surface area (Å²) in [5.74, 6) is 2.56. The summed E-state index contributed by atoms with van der Waals surface area (Å²) in [5, 5.41) is 0. The molecule has 2 heteroatoms. The number of methoxy groups -OCH3 is 1. The molecular formula is C21H28O2. The van der Waals surface area contributed by atoms with Crippen LogP contribution in [0.25, 0.3) is 0 Å². The van der Waals surface area contributed by atoms with Crippen LogP contribution in [0.1, 0.15) is 52.7 Å². The maximum atomic E-state index is 6.17. The van der Waals surface area contributed by atoms with Gasteiger partial charge in [0.15, 0.2) is 0 Å². The summed E-state index contributed by atoms with van der Waals surface area (Å²) in [7, 11) is 1.72. The predicted octanol–water partition coefficient (Wildman–Crippen LogP) is 6.08. The van der Waals surface area contributed by atoms with Crippen LogP contribution in [0.2, 0.25) is 0 Å². The first-order valence-corrected chi connectivity index (χ1v) is 8.09. The number of hydrogen-bond donors (Lipinski definition) is 0. The highest BCUT2D eigenvalue weighted by molar-refractivity contribution is 5.52. The molecule has 2 aromatic carbocycles. The van der Waals surface area contributed by atoms with Gasteiger partial charge in [0.2, 0.25) is 0 Å². The maximum absolute atomic E-state index is 6.17. The van der Waals surface area contributed by atoms with Crippen LogP contribution in [0.15, 0.2) is 42.5 Å². The zero-order valence-corrected chi connectivity index (χ0v) is 15.4. The van der Waals surface area contributed by atoms with Crippen LogP contribution < -0.4 is 9.47 Å². The molecule has 0 aromatic heterocycles. The van der Waals surface area contributed by atoms with E-state index in [4.69, 9.17) is 9.47 Å².